The smallest absolute Gasteiger partial charge is 0.407 e. The van der Waals surface area contributed by atoms with Crippen LogP contribution in [0, 0.1) is 5.41 Å². The van der Waals surface area contributed by atoms with Crippen molar-refractivity contribution in [2.24, 2.45) is 5.41 Å². The summed E-state index contributed by atoms with van der Waals surface area (Å²) in [4.78, 5) is 22.3. The minimum Gasteiger partial charge on any atom is -0.466 e. The van der Waals surface area contributed by atoms with Crippen LogP contribution in [0.5, 0.6) is 0 Å². The van der Waals surface area contributed by atoms with Crippen LogP contribution in [0.4, 0.5) is 4.79 Å². The fraction of sp³-hybridized carbons (Fsp3) is 0.875. The maximum Gasteiger partial charge on any atom is 0.407 e. The van der Waals surface area contributed by atoms with Gasteiger partial charge in [-0.2, -0.15) is 0 Å². The average molecular weight is 299 g/mol. The largest absolute Gasteiger partial charge is 0.466 e. The van der Waals surface area contributed by atoms with E-state index < -0.39 is 0 Å². The van der Waals surface area contributed by atoms with Gasteiger partial charge in [0, 0.05) is 13.0 Å². The van der Waals surface area contributed by atoms with E-state index >= 15 is 0 Å². The Balaban J connectivity index is 2.02. The highest BCUT2D eigenvalue weighted by molar-refractivity contribution is 5.67. The molecule has 1 aliphatic rings. The Labute approximate surface area is 127 Å². The number of esters is 1. The van der Waals surface area contributed by atoms with Crippen LogP contribution in [0.25, 0.3) is 0 Å². The van der Waals surface area contributed by atoms with Gasteiger partial charge >= 0.3 is 12.1 Å². The summed E-state index contributed by atoms with van der Waals surface area (Å²) in [6.45, 7) is 6.76. The zero-order chi connectivity index (χ0) is 15.7. The summed E-state index contributed by atoms with van der Waals surface area (Å²) >= 11 is 0. The molecule has 1 saturated carbocycles. The summed E-state index contributed by atoms with van der Waals surface area (Å²) < 4.78 is 10.0. The second kappa shape index (κ2) is 8.90. The fourth-order valence-electron chi connectivity index (χ4n) is 2.79. The molecule has 1 rings (SSSR count). The number of carbonyl (C=O) groups excluding carboxylic acids is 2. The molecule has 0 saturated heterocycles. The molecule has 0 aromatic carbocycles. The molecule has 0 spiro atoms. The Bertz CT molecular complexity index is 341. The molecule has 1 fully saturated rings. The number of carbonyl (C=O) groups is 2. The zero-order valence-electron chi connectivity index (χ0n) is 13.6. The summed E-state index contributed by atoms with van der Waals surface area (Å²) in [6, 6.07) is 0.241. The van der Waals surface area contributed by atoms with Crippen molar-refractivity contribution in [2.75, 3.05) is 13.2 Å². The predicted molar refractivity (Wildman–Crippen MR) is 81.0 cm³/mol. The van der Waals surface area contributed by atoms with Gasteiger partial charge in [0.1, 0.15) is 0 Å². The Morgan fingerprint density at radius 2 is 1.81 bits per heavy atom. The topological polar surface area (TPSA) is 64.6 Å². The highest BCUT2D eigenvalue weighted by atomic mass is 16.5. The number of unbranched alkanes of at least 4 members (excludes halogenated alkanes) is 2. The van der Waals surface area contributed by atoms with Gasteiger partial charge in [-0.3, -0.25) is 4.79 Å². The lowest BCUT2D eigenvalue weighted by molar-refractivity contribution is -0.141. The van der Waals surface area contributed by atoms with Crippen molar-refractivity contribution in [1.82, 2.24) is 5.32 Å². The van der Waals surface area contributed by atoms with Crippen LogP contribution in [0.1, 0.15) is 65.7 Å². The first-order valence-corrected chi connectivity index (χ1v) is 7.96. The van der Waals surface area contributed by atoms with Crippen LogP contribution in [0.15, 0.2) is 0 Å². The summed E-state index contributed by atoms with van der Waals surface area (Å²) in [6.07, 6.45) is 6.63. The summed E-state index contributed by atoms with van der Waals surface area (Å²) in [5.41, 5.74) is 0.312. The lowest BCUT2D eigenvalue weighted by Crippen LogP contribution is -2.41. The van der Waals surface area contributed by atoms with E-state index in [9.17, 15) is 9.59 Å². The molecule has 0 heterocycles. The van der Waals surface area contributed by atoms with Gasteiger partial charge in [0.2, 0.25) is 0 Å². The number of rotatable bonds is 7. The number of amides is 1. The fourth-order valence-corrected chi connectivity index (χ4v) is 2.79. The van der Waals surface area contributed by atoms with Gasteiger partial charge in [0.05, 0.1) is 13.2 Å². The molecule has 0 bridgehead atoms. The predicted octanol–water partition coefficient (Wildman–Crippen LogP) is 3.41. The number of hydrogen-bond donors (Lipinski definition) is 1. The number of alkyl carbamates (subject to hydrolysis) is 1. The van der Waals surface area contributed by atoms with Crippen LogP contribution in [-0.2, 0) is 14.3 Å². The molecule has 0 aromatic heterocycles. The SMILES string of the molecule is CC(=O)OCCCCCOC(=O)NC1CCCC(C)(C)C1. The van der Waals surface area contributed by atoms with Gasteiger partial charge in [0.15, 0.2) is 0 Å². The molecule has 1 amide bonds. The lowest BCUT2D eigenvalue weighted by Gasteiger charge is -2.35. The lowest BCUT2D eigenvalue weighted by atomic mass is 9.75. The summed E-state index contributed by atoms with van der Waals surface area (Å²) in [5.74, 6) is -0.249. The minimum absolute atomic E-state index is 0.241. The standard InChI is InChI=1S/C16H29NO4/c1-13(18)20-10-5-4-6-11-21-15(19)17-14-8-7-9-16(2,3)12-14/h14H,4-12H2,1-3H3,(H,17,19). The molecule has 21 heavy (non-hydrogen) atoms. The molecule has 1 atom stereocenters. The van der Waals surface area contributed by atoms with E-state index in [1.807, 2.05) is 0 Å². The van der Waals surface area contributed by atoms with Crippen molar-refractivity contribution in [1.29, 1.82) is 0 Å². The maximum absolute atomic E-state index is 11.7. The Morgan fingerprint density at radius 3 is 2.43 bits per heavy atom. The van der Waals surface area contributed by atoms with Crippen LogP contribution in [0.2, 0.25) is 0 Å². The van der Waals surface area contributed by atoms with E-state index in [4.69, 9.17) is 9.47 Å². The van der Waals surface area contributed by atoms with Crippen LogP contribution >= 0.6 is 0 Å². The first kappa shape index (κ1) is 17.8. The van der Waals surface area contributed by atoms with Crippen LogP contribution in [-0.4, -0.2) is 31.3 Å². The van der Waals surface area contributed by atoms with E-state index in [-0.39, 0.29) is 18.1 Å². The average Bonchev–Trinajstić information content (AvgIpc) is 2.36. The molecule has 0 aromatic rings. The van der Waals surface area contributed by atoms with Gasteiger partial charge in [0.25, 0.3) is 0 Å². The molecule has 0 aliphatic heterocycles. The zero-order valence-corrected chi connectivity index (χ0v) is 13.6. The van der Waals surface area contributed by atoms with Gasteiger partial charge in [-0.15, -0.1) is 0 Å². The van der Waals surface area contributed by atoms with Crippen LogP contribution < -0.4 is 5.32 Å². The monoisotopic (exact) mass is 299 g/mol. The van der Waals surface area contributed by atoms with E-state index in [2.05, 4.69) is 19.2 Å². The van der Waals surface area contributed by atoms with Gasteiger partial charge in [-0.05, 0) is 43.9 Å². The molecule has 5 heteroatoms. The van der Waals surface area contributed by atoms with Crippen molar-refractivity contribution in [3.05, 3.63) is 0 Å². The van der Waals surface area contributed by atoms with Crippen LogP contribution in [0.3, 0.4) is 0 Å². The molecule has 1 unspecified atom stereocenters. The minimum atomic E-state index is -0.308. The van der Waals surface area contributed by atoms with Gasteiger partial charge < -0.3 is 14.8 Å². The molecule has 1 aliphatic carbocycles. The summed E-state index contributed by atoms with van der Waals surface area (Å²) in [7, 11) is 0. The van der Waals surface area contributed by atoms with E-state index in [0.717, 1.165) is 38.5 Å². The van der Waals surface area contributed by atoms with E-state index in [1.165, 1.54) is 13.3 Å². The third-order valence-electron chi connectivity index (χ3n) is 3.85. The number of nitrogens with one attached hydrogen (secondary N) is 1. The quantitative estimate of drug-likeness (QED) is 0.578. The molecule has 122 valence electrons. The first-order chi connectivity index (χ1) is 9.89. The number of ether oxygens (including phenoxy) is 2. The Hall–Kier alpha value is -1.26. The molecule has 5 nitrogen and oxygen atoms in total. The highest BCUT2D eigenvalue weighted by Crippen LogP contribution is 2.35. The normalized spacial score (nSPS) is 20.6. The first-order valence-electron chi connectivity index (χ1n) is 7.96. The highest BCUT2D eigenvalue weighted by Gasteiger charge is 2.28. The third-order valence-corrected chi connectivity index (χ3v) is 3.85. The molecular formula is C16H29NO4. The Morgan fingerprint density at radius 1 is 1.14 bits per heavy atom. The van der Waals surface area contributed by atoms with E-state index in [1.54, 1.807) is 0 Å². The van der Waals surface area contributed by atoms with Crippen molar-refractivity contribution >= 4 is 12.1 Å². The maximum atomic E-state index is 11.7. The van der Waals surface area contributed by atoms with Gasteiger partial charge in [-0.25, -0.2) is 4.79 Å². The van der Waals surface area contributed by atoms with Crippen molar-refractivity contribution in [2.45, 2.75) is 71.8 Å². The van der Waals surface area contributed by atoms with Crippen molar-refractivity contribution in [3.63, 3.8) is 0 Å². The van der Waals surface area contributed by atoms with E-state index in [0.29, 0.717) is 18.6 Å². The second-order valence-electron chi connectivity index (χ2n) is 6.64. The third kappa shape index (κ3) is 8.58. The summed E-state index contributed by atoms with van der Waals surface area (Å²) in [5, 5.41) is 2.96. The van der Waals surface area contributed by atoms with Gasteiger partial charge in [-0.1, -0.05) is 20.3 Å². The molecular weight excluding hydrogens is 270 g/mol. The Kier molecular flexibility index (Phi) is 7.54. The van der Waals surface area contributed by atoms with Crippen molar-refractivity contribution < 1.29 is 19.1 Å². The molecule has 1 N–H and O–H groups in total. The molecule has 0 radical (unpaired) electrons. The van der Waals surface area contributed by atoms with Crippen molar-refractivity contribution in [3.8, 4) is 0 Å². The number of hydrogen-bond acceptors (Lipinski definition) is 4. The second-order valence-corrected chi connectivity index (χ2v) is 6.64.